The number of anilines is 1. The molecule has 1 aromatic rings. The highest BCUT2D eigenvalue weighted by atomic mass is 16.5. The fraction of sp³-hybridized carbons (Fsp3) is 0.611. The summed E-state index contributed by atoms with van der Waals surface area (Å²) in [4.78, 5) is 16.5. The highest BCUT2D eigenvalue weighted by Gasteiger charge is 2.20. The summed E-state index contributed by atoms with van der Waals surface area (Å²) >= 11 is 0. The van der Waals surface area contributed by atoms with Crippen LogP contribution in [0, 0.1) is 5.92 Å². The van der Waals surface area contributed by atoms with Gasteiger partial charge in [-0.05, 0) is 43.1 Å². The Morgan fingerprint density at radius 2 is 1.83 bits per heavy atom. The molecule has 0 bridgehead atoms. The van der Waals surface area contributed by atoms with Gasteiger partial charge in [0.05, 0.1) is 13.7 Å². The van der Waals surface area contributed by atoms with Crippen molar-refractivity contribution in [1.29, 1.82) is 0 Å². The molecule has 1 amide bonds. The summed E-state index contributed by atoms with van der Waals surface area (Å²) in [6.45, 7) is 9.09. The minimum Gasteiger partial charge on any atom is -0.497 e. The smallest absolute Gasteiger partial charge is 0.236 e. The van der Waals surface area contributed by atoms with E-state index < -0.39 is 0 Å². The molecule has 1 fully saturated rings. The van der Waals surface area contributed by atoms with Crippen molar-refractivity contribution < 1.29 is 9.53 Å². The van der Waals surface area contributed by atoms with E-state index in [9.17, 15) is 4.79 Å². The van der Waals surface area contributed by atoms with Crippen molar-refractivity contribution in [2.75, 3.05) is 51.3 Å². The predicted molar refractivity (Wildman–Crippen MR) is 94.1 cm³/mol. The van der Waals surface area contributed by atoms with E-state index in [0.29, 0.717) is 12.5 Å². The third-order valence-corrected chi connectivity index (χ3v) is 4.24. The summed E-state index contributed by atoms with van der Waals surface area (Å²) in [5.74, 6) is 1.75. The molecule has 128 valence electrons. The van der Waals surface area contributed by atoms with Gasteiger partial charge < -0.3 is 19.9 Å². The van der Waals surface area contributed by atoms with Gasteiger partial charge in [0.2, 0.25) is 5.91 Å². The number of nitrogens with one attached hydrogen (secondary N) is 1. The number of benzene rings is 1. The van der Waals surface area contributed by atoms with Crippen LogP contribution >= 0.6 is 0 Å². The number of piperazine rings is 1. The first-order valence-electron chi connectivity index (χ1n) is 8.47. The summed E-state index contributed by atoms with van der Waals surface area (Å²) in [5.41, 5.74) is 1.19. The standard InChI is InChI=1S/C18H29N3O2/c1-15(2)8-9-19-14-18(22)21-12-10-20(11-13-21)16-4-6-17(23-3)7-5-16/h4-7,15,19H,8-14H2,1-3H3. The van der Waals surface area contributed by atoms with E-state index in [4.69, 9.17) is 4.74 Å². The molecular formula is C18H29N3O2. The van der Waals surface area contributed by atoms with E-state index in [0.717, 1.165) is 44.9 Å². The van der Waals surface area contributed by atoms with Gasteiger partial charge in [0.25, 0.3) is 0 Å². The first-order chi connectivity index (χ1) is 11.1. The number of hydrogen-bond donors (Lipinski definition) is 1. The zero-order valence-corrected chi connectivity index (χ0v) is 14.5. The summed E-state index contributed by atoms with van der Waals surface area (Å²) in [7, 11) is 1.68. The molecule has 5 heteroatoms. The number of hydrogen-bond acceptors (Lipinski definition) is 4. The molecule has 2 rings (SSSR count). The van der Waals surface area contributed by atoms with Crippen molar-refractivity contribution in [3.8, 4) is 5.75 Å². The maximum Gasteiger partial charge on any atom is 0.236 e. The van der Waals surface area contributed by atoms with Gasteiger partial charge in [0, 0.05) is 31.9 Å². The maximum atomic E-state index is 12.2. The monoisotopic (exact) mass is 319 g/mol. The van der Waals surface area contributed by atoms with Crippen molar-refractivity contribution in [3.05, 3.63) is 24.3 Å². The SMILES string of the molecule is COc1ccc(N2CCN(C(=O)CNCCC(C)C)CC2)cc1. The molecule has 1 N–H and O–H groups in total. The van der Waals surface area contributed by atoms with Crippen LogP contribution in [0.3, 0.4) is 0 Å². The quantitative estimate of drug-likeness (QED) is 0.781. The Morgan fingerprint density at radius 1 is 1.17 bits per heavy atom. The lowest BCUT2D eigenvalue weighted by molar-refractivity contribution is -0.130. The summed E-state index contributed by atoms with van der Waals surface area (Å²) in [5, 5.41) is 3.25. The van der Waals surface area contributed by atoms with Crippen LogP contribution in [0.2, 0.25) is 0 Å². The molecule has 1 saturated heterocycles. The lowest BCUT2D eigenvalue weighted by atomic mass is 10.1. The van der Waals surface area contributed by atoms with E-state index in [1.54, 1.807) is 7.11 Å². The van der Waals surface area contributed by atoms with Gasteiger partial charge in [-0.25, -0.2) is 0 Å². The largest absolute Gasteiger partial charge is 0.497 e. The molecule has 5 nitrogen and oxygen atoms in total. The molecule has 0 unspecified atom stereocenters. The highest BCUT2D eigenvalue weighted by molar-refractivity contribution is 5.78. The number of methoxy groups -OCH3 is 1. The Bertz CT molecular complexity index is 480. The fourth-order valence-corrected chi connectivity index (χ4v) is 2.70. The van der Waals surface area contributed by atoms with Crippen molar-refractivity contribution in [2.45, 2.75) is 20.3 Å². The van der Waals surface area contributed by atoms with Crippen molar-refractivity contribution in [1.82, 2.24) is 10.2 Å². The Hall–Kier alpha value is -1.75. The Labute approximate surface area is 139 Å². The van der Waals surface area contributed by atoms with Gasteiger partial charge in [-0.3, -0.25) is 4.79 Å². The molecule has 1 aliphatic rings. The molecule has 0 atom stereocenters. The molecule has 0 spiro atoms. The van der Waals surface area contributed by atoms with E-state index >= 15 is 0 Å². The first kappa shape index (κ1) is 17.6. The first-order valence-corrected chi connectivity index (χ1v) is 8.47. The van der Waals surface area contributed by atoms with Crippen LogP contribution in [0.5, 0.6) is 5.75 Å². The van der Waals surface area contributed by atoms with Gasteiger partial charge in [0.1, 0.15) is 5.75 Å². The topological polar surface area (TPSA) is 44.8 Å². The van der Waals surface area contributed by atoms with Crippen LogP contribution in [0.25, 0.3) is 0 Å². The molecule has 0 saturated carbocycles. The molecule has 23 heavy (non-hydrogen) atoms. The van der Waals surface area contributed by atoms with Crippen LogP contribution in [-0.4, -0.2) is 57.2 Å². The highest BCUT2D eigenvalue weighted by Crippen LogP contribution is 2.20. The number of carbonyl (C=O) groups is 1. The molecule has 1 heterocycles. The van der Waals surface area contributed by atoms with Gasteiger partial charge in [-0.1, -0.05) is 13.8 Å². The van der Waals surface area contributed by atoms with Gasteiger partial charge in [0.15, 0.2) is 0 Å². The third kappa shape index (κ3) is 5.43. The minimum atomic E-state index is 0.211. The van der Waals surface area contributed by atoms with E-state index in [-0.39, 0.29) is 5.91 Å². The van der Waals surface area contributed by atoms with Crippen LogP contribution < -0.4 is 15.0 Å². The fourth-order valence-electron chi connectivity index (χ4n) is 2.70. The van der Waals surface area contributed by atoms with Gasteiger partial charge in [-0.15, -0.1) is 0 Å². The molecule has 1 aliphatic heterocycles. The zero-order valence-electron chi connectivity index (χ0n) is 14.5. The lowest BCUT2D eigenvalue weighted by Gasteiger charge is -2.36. The molecule has 0 aliphatic carbocycles. The Kier molecular flexibility index (Phi) is 6.71. The van der Waals surface area contributed by atoms with E-state index in [2.05, 4.69) is 36.2 Å². The average molecular weight is 319 g/mol. The number of rotatable bonds is 7. The number of nitrogens with zero attached hydrogens (tertiary/aromatic N) is 2. The number of ether oxygens (including phenoxy) is 1. The molecular weight excluding hydrogens is 290 g/mol. The second-order valence-electron chi connectivity index (χ2n) is 6.43. The summed E-state index contributed by atoms with van der Waals surface area (Å²) in [6, 6.07) is 8.10. The number of amides is 1. The summed E-state index contributed by atoms with van der Waals surface area (Å²) in [6.07, 6.45) is 1.11. The van der Waals surface area contributed by atoms with Crippen LogP contribution in [-0.2, 0) is 4.79 Å². The molecule has 1 aromatic carbocycles. The molecule has 0 aromatic heterocycles. The van der Waals surface area contributed by atoms with Crippen molar-refractivity contribution in [2.24, 2.45) is 5.92 Å². The maximum absolute atomic E-state index is 12.2. The second-order valence-corrected chi connectivity index (χ2v) is 6.43. The van der Waals surface area contributed by atoms with Crippen LogP contribution in [0.15, 0.2) is 24.3 Å². The van der Waals surface area contributed by atoms with Gasteiger partial charge in [-0.2, -0.15) is 0 Å². The van der Waals surface area contributed by atoms with E-state index in [1.165, 1.54) is 5.69 Å². The zero-order chi connectivity index (χ0) is 16.7. The minimum absolute atomic E-state index is 0.211. The van der Waals surface area contributed by atoms with Crippen LogP contribution in [0.4, 0.5) is 5.69 Å². The van der Waals surface area contributed by atoms with Gasteiger partial charge >= 0.3 is 0 Å². The Balaban J connectivity index is 1.73. The Morgan fingerprint density at radius 3 is 2.39 bits per heavy atom. The van der Waals surface area contributed by atoms with E-state index in [1.807, 2.05) is 17.0 Å². The average Bonchev–Trinajstić information content (AvgIpc) is 2.58. The third-order valence-electron chi connectivity index (χ3n) is 4.24. The van der Waals surface area contributed by atoms with Crippen LogP contribution in [0.1, 0.15) is 20.3 Å². The second kappa shape index (κ2) is 8.77. The lowest BCUT2D eigenvalue weighted by Crippen LogP contribution is -2.51. The predicted octanol–water partition coefficient (Wildman–Crippen LogP) is 1.98. The normalized spacial score (nSPS) is 15.1. The number of carbonyl (C=O) groups excluding carboxylic acids is 1. The van der Waals surface area contributed by atoms with Crippen molar-refractivity contribution in [3.63, 3.8) is 0 Å². The molecule has 0 radical (unpaired) electrons. The van der Waals surface area contributed by atoms with Crippen molar-refractivity contribution >= 4 is 11.6 Å². The summed E-state index contributed by atoms with van der Waals surface area (Å²) < 4.78 is 5.19.